The summed E-state index contributed by atoms with van der Waals surface area (Å²) in [5.41, 5.74) is 1.06. The van der Waals surface area contributed by atoms with Gasteiger partial charge in [0.15, 0.2) is 0 Å². The molecule has 1 aromatic heterocycles. The molecule has 98 valence electrons. The van der Waals surface area contributed by atoms with E-state index in [2.05, 4.69) is 9.72 Å². The lowest BCUT2D eigenvalue weighted by Crippen LogP contribution is -2.08. The fourth-order valence-electron chi connectivity index (χ4n) is 1.95. The van der Waals surface area contributed by atoms with Gasteiger partial charge in [0.25, 0.3) is 0 Å². The molecule has 0 aliphatic carbocycles. The highest BCUT2D eigenvalue weighted by Crippen LogP contribution is 2.23. The number of carbonyl (C=O) groups is 2. The molecular weight excluding hydrogens is 246 g/mol. The summed E-state index contributed by atoms with van der Waals surface area (Å²) in [5.74, 6) is -0.837. The third-order valence-corrected chi connectivity index (χ3v) is 2.84. The number of esters is 2. The molecule has 0 bridgehead atoms. The first-order valence-electron chi connectivity index (χ1n) is 5.68. The number of pyridine rings is 1. The van der Waals surface area contributed by atoms with Crippen molar-refractivity contribution in [1.29, 1.82) is 0 Å². The molecule has 0 atom stereocenters. The number of benzene rings is 1. The van der Waals surface area contributed by atoms with Gasteiger partial charge in [0.2, 0.25) is 0 Å². The van der Waals surface area contributed by atoms with Crippen molar-refractivity contribution in [1.82, 2.24) is 4.98 Å². The molecule has 0 saturated heterocycles. The average molecular weight is 259 g/mol. The number of ether oxygens (including phenoxy) is 2. The Morgan fingerprint density at radius 3 is 2.63 bits per heavy atom. The van der Waals surface area contributed by atoms with Gasteiger partial charge in [-0.15, -0.1) is 0 Å². The zero-order valence-corrected chi connectivity index (χ0v) is 10.7. The van der Waals surface area contributed by atoms with Crippen molar-refractivity contribution in [3.8, 4) is 0 Å². The summed E-state index contributed by atoms with van der Waals surface area (Å²) in [4.78, 5) is 27.2. The van der Waals surface area contributed by atoms with Crippen molar-refractivity contribution in [3.05, 3.63) is 41.7 Å². The van der Waals surface area contributed by atoms with Crippen molar-refractivity contribution < 1.29 is 19.1 Å². The molecule has 0 spiro atoms. The average Bonchev–Trinajstić information content (AvgIpc) is 2.45. The Hall–Kier alpha value is -2.43. The van der Waals surface area contributed by atoms with E-state index in [4.69, 9.17) is 4.74 Å². The van der Waals surface area contributed by atoms with Gasteiger partial charge in [0, 0.05) is 23.2 Å². The lowest BCUT2D eigenvalue weighted by molar-refractivity contribution is -0.139. The van der Waals surface area contributed by atoms with Gasteiger partial charge in [0.05, 0.1) is 26.2 Å². The first kappa shape index (κ1) is 13.0. The van der Waals surface area contributed by atoms with Crippen LogP contribution in [0.4, 0.5) is 0 Å². The van der Waals surface area contributed by atoms with Crippen LogP contribution in [0.3, 0.4) is 0 Å². The monoisotopic (exact) mass is 259 g/mol. The smallest absolute Gasteiger partial charge is 0.340 e. The van der Waals surface area contributed by atoms with Crippen molar-refractivity contribution in [2.75, 3.05) is 14.2 Å². The van der Waals surface area contributed by atoms with Gasteiger partial charge in [0.1, 0.15) is 0 Å². The van der Waals surface area contributed by atoms with Crippen LogP contribution in [0.1, 0.15) is 15.9 Å². The van der Waals surface area contributed by atoms with Gasteiger partial charge in [-0.1, -0.05) is 18.2 Å². The van der Waals surface area contributed by atoms with Crippen LogP contribution in [-0.4, -0.2) is 31.1 Å². The van der Waals surface area contributed by atoms with Crippen molar-refractivity contribution in [2.24, 2.45) is 0 Å². The number of aromatic nitrogens is 1. The molecule has 0 aliphatic rings. The molecule has 19 heavy (non-hydrogen) atoms. The van der Waals surface area contributed by atoms with Crippen molar-refractivity contribution >= 4 is 22.7 Å². The number of nitrogens with zero attached hydrogens (tertiary/aromatic N) is 1. The van der Waals surface area contributed by atoms with E-state index in [-0.39, 0.29) is 12.4 Å². The fraction of sp³-hybridized carbons (Fsp3) is 0.214. The molecule has 2 aromatic rings. The van der Waals surface area contributed by atoms with E-state index < -0.39 is 5.97 Å². The van der Waals surface area contributed by atoms with E-state index in [1.807, 2.05) is 12.1 Å². The predicted octanol–water partition coefficient (Wildman–Crippen LogP) is 1.74. The third-order valence-electron chi connectivity index (χ3n) is 2.84. The zero-order chi connectivity index (χ0) is 13.8. The van der Waals surface area contributed by atoms with Gasteiger partial charge in [-0.25, -0.2) is 4.79 Å². The minimum absolute atomic E-state index is 0.0991. The Labute approximate surface area is 110 Å². The highest BCUT2D eigenvalue weighted by molar-refractivity contribution is 6.06. The van der Waals surface area contributed by atoms with Gasteiger partial charge >= 0.3 is 11.9 Å². The molecule has 0 aliphatic heterocycles. The van der Waals surface area contributed by atoms with E-state index in [0.717, 1.165) is 5.39 Å². The number of rotatable bonds is 3. The van der Waals surface area contributed by atoms with E-state index in [0.29, 0.717) is 16.5 Å². The number of hydrogen-bond donors (Lipinski definition) is 0. The minimum atomic E-state index is -0.476. The molecule has 1 aromatic carbocycles. The molecule has 0 N–H and O–H groups in total. The fourth-order valence-corrected chi connectivity index (χ4v) is 1.95. The van der Waals surface area contributed by atoms with Gasteiger partial charge in [-0.05, 0) is 5.56 Å². The van der Waals surface area contributed by atoms with Crippen LogP contribution >= 0.6 is 0 Å². The topological polar surface area (TPSA) is 65.5 Å². The van der Waals surface area contributed by atoms with E-state index in [1.54, 1.807) is 12.3 Å². The van der Waals surface area contributed by atoms with Crippen molar-refractivity contribution in [2.45, 2.75) is 6.42 Å². The Kier molecular flexibility index (Phi) is 3.75. The lowest BCUT2D eigenvalue weighted by Gasteiger charge is -2.09. The molecule has 0 fully saturated rings. The normalized spacial score (nSPS) is 10.2. The molecule has 1 heterocycles. The van der Waals surface area contributed by atoms with E-state index >= 15 is 0 Å². The molecule has 0 unspecified atom stereocenters. The second-order valence-corrected chi connectivity index (χ2v) is 3.95. The molecule has 2 rings (SSSR count). The lowest BCUT2D eigenvalue weighted by atomic mass is 9.99. The second-order valence-electron chi connectivity index (χ2n) is 3.95. The van der Waals surface area contributed by atoms with Gasteiger partial charge in [-0.2, -0.15) is 0 Å². The summed E-state index contributed by atoms with van der Waals surface area (Å²) in [6.45, 7) is 0. The maximum atomic E-state index is 11.8. The largest absolute Gasteiger partial charge is 0.469 e. The van der Waals surface area contributed by atoms with E-state index in [9.17, 15) is 9.59 Å². The Bertz CT molecular complexity index is 631. The molecule has 5 heteroatoms. The SMILES string of the molecule is COC(=O)Cc1cccc2cncc(C(=O)OC)c12. The van der Waals surface area contributed by atoms with Crippen molar-refractivity contribution in [3.63, 3.8) is 0 Å². The van der Waals surface area contributed by atoms with Crippen LogP contribution in [0, 0.1) is 0 Å². The Balaban J connectivity index is 2.63. The second kappa shape index (κ2) is 5.48. The maximum absolute atomic E-state index is 11.8. The van der Waals surface area contributed by atoms with Crippen LogP contribution in [0.25, 0.3) is 10.8 Å². The van der Waals surface area contributed by atoms with Crippen LogP contribution in [0.5, 0.6) is 0 Å². The zero-order valence-electron chi connectivity index (χ0n) is 10.7. The molecule has 0 radical (unpaired) electrons. The van der Waals surface area contributed by atoms with Gasteiger partial charge in [-0.3, -0.25) is 9.78 Å². The predicted molar refractivity (Wildman–Crippen MR) is 68.8 cm³/mol. The summed E-state index contributed by atoms with van der Waals surface area (Å²) < 4.78 is 9.39. The number of carbonyl (C=O) groups excluding carboxylic acids is 2. The molecule has 5 nitrogen and oxygen atoms in total. The quantitative estimate of drug-likeness (QED) is 0.785. The Morgan fingerprint density at radius 1 is 1.16 bits per heavy atom. The van der Waals surface area contributed by atoms with Crippen LogP contribution < -0.4 is 0 Å². The first-order chi connectivity index (χ1) is 9.17. The van der Waals surface area contributed by atoms with E-state index in [1.165, 1.54) is 20.4 Å². The number of methoxy groups -OCH3 is 2. The van der Waals surface area contributed by atoms with Gasteiger partial charge < -0.3 is 9.47 Å². The molecule has 0 amide bonds. The summed E-state index contributed by atoms with van der Waals surface area (Å²) in [6, 6.07) is 5.42. The molecular formula is C14H13NO4. The minimum Gasteiger partial charge on any atom is -0.469 e. The summed E-state index contributed by atoms with van der Waals surface area (Å²) in [6.07, 6.45) is 3.18. The van der Waals surface area contributed by atoms with Crippen LogP contribution in [-0.2, 0) is 20.7 Å². The molecule has 0 saturated carbocycles. The standard InChI is InChI=1S/C14H13NO4/c1-18-12(16)6-9-4-3-5-10-7-15-8-11(13(9)10)14(17)19-2/h3-5,7-8H,6H2,1-2H3. The van der Waals surface area contributed by atoms with Crippen LogP contribution in [0.15, 0.2) is 30.6 Å². The first-order valence-corrected chi connectivity index (χ1v) is 5.68. The third kappa shape index (κ3) is 2.54. The summed E-state index contributed by atoms with van der Waals surface area (Å²) in [7, 11) is 2.64. The summed E-state index contributed by atoms with van der Waals surface area (Å²) >= 11 is 0. The maximum Gasteiger partial charge on any atom is 0.340 e. The highest BCUT2D eigenvalue weighted by Gasteiger charge is 2.15. The van der Waals surface area contributed by atoms with Crippen LogP contribution in [0.2, 0.25) is 0 Å². The number of hydrogen-bond acceptors (Lipinski definition) is 5. The summed E-state index contributed by atoms with van der Waals surface area (Å²) in [5, 5.41) is 1.46. The highest BCUT2D eigenvalue weighted by atomic mass is 16.5. The Morgan fingerprint density at radius 2 is 1.95 bits per heavy atom. The number of fused-ring (bicyclic) bond motifs is 1.